The summed E-state index contributed by atoms with van der Waals surface area (Å²) in [4.78, 5) is 63.7. The van der Waals surface area contributed by atoms with Crippen molar-refractivity contribution in [1.82, 2.24) is 19.8 Å². The van der Waals surface area contributed by atoms with Crippen molar-refractivity contribution in [2.75, 3.05) is 34.0 Å². The number of benzene rings is 3. The van der Waals surface area contributed by atoms with Gasteiger partial charge in [-0.25, -0.2) is 14.2 Å². The predicted octanol–water partition coefficient (Wildman–Crippen LogP) is 2.13. The number of nitrogens with one attached hydrogen (secondary N) is 2. The highest BCUT2D eigenvalue weighted by atomic mass is 31.2. The number of aromatic nitrogens is 2. The molecule has 0 aliphatic carbocycles. The van der Waals surface area contributed by atoms with E-state index in [0.717, 1.165) is 15.5 Å². The number of β-amino-alcohol motifs (C(OH)–C–C–N with tert-alkyl or cyclic N) is 1. The fourth-order valence-corrected chi connectivity index (χ4v) is 8.47. The third kappa shape index (κ3) is 8.95. The zero-order valence-electron chi connectivity index (χ0n) is 32.7. The fraction of sp³-hybridized carbons (Fsp3) is 0.400. The largest absolute Gasteiger partial charge is 0.497 e. The first-order valence-electron chi connectivity index (χ1n) is 18.9. The first-order valence-corrected chi connectivity index (χ1v) is 20.4. The quantitative estimate of drug-likeness (QED) is 0.0850. The van der Waals surface area contributed by atoms with Crippen molar-refractivity contribution in [2.24, 2.45) is 0 Å². The number of carbonyl (C=O) groups is 2. The van der Waals surface area contributed by atoms with Crippen LogP contribution in [-0.4, -0.2) is 112 Å². The molecule has 4 heterocycles. The van der Waals surface area contributed by atoms with Gasteiger partial charge < -0.3 is 38.8 Å². The van der Waals surface area contributed by atoms with E-state index in [1.54, 1.807) is 38.5 Å². The highest BCUT2D eigenvalue weighted by Gasteiger charge is 2.49. The van der Waals surface area contributed by atoms with Crippen LogP contribution in [0.3, 0.4) is 0 Å². The van der Waals surface area contributed by atoms with E-state index in [1.165, 1.54) is 13.1 Å². The van der Waals surface area contributed by atoms with Crippen LogP contribution in [0.2, 0.25) is 0 Å². The van der Waals surface area contributed by atoms with Crippen molar-refractivity contribution < 1.29 is 62.0 Å². The number of rotatable bonds is 15. The van der Waals surface area contributed by atoms with Crippen LogP contribution >= 0.6 is 7.82 Å². The standard InChI is InChI=1S/C40H45N4O15P/c1-39(50)23-44(38(49)42-36(39)47)34-19-29(45)31(57-34)22-56-60(51,52)59-30-20-35(43-18-17-33(46)41-37(43)48)58-32(30)21-55-40(24-7-5-4-6-8-24,25-9-13-27(53-2)14-10-25)26-11-15-28(54-3)16-12-26/h4-18,29-32,34-35,45,50H,19-23H2,1-3H3,(H,51,52)(H,41,46,48)(H,42,47,49)/t29-,30-,31+,32+,34+,35+,39?/m0/s1. The second kappa shape index (κ2) is 17.4. The van der Waals surface area contributed by atoms with Crippen molar-refractivity contribution in [2.45, 2.75) is 67.8 Å². The Morgan fingerprint density at radius 2 is 1.43 bits per heavy atom. The normalized spacial score (nSPS) is 26.7. The maximum absolute atomic E-state index is 13.7. The Morgan fingerprint density at radius 3 is 2.03 bits per heavy atom. The van der Waals surface area contributed by atoms with Gasteiger partial charge in [-0.3, -0.25) is 38.4 Å². The number of ether oxygens (including phenoxy) is 5. The average molecular weight is 853 g/mol. The van der Waals surface area contributed by atoms with E-state index in [1.807, 2.05) is 59.9 Å². The fourth-order valence-electron chi connectivity index (χ4n) is 7.51. The van der Waals surface area contributed by atoms with Crippen molar-refractivity contribution in [3.63, 3.8) is 0 Å². The molecule has 19 nitrogen and oxygen atoms in total. The van der Waals surface area contributed by atoms with Crippen molar-refractivity contribution in [1.29, 1.82) is 0 Å². The first-order chi connectivity index (χ1) is 28.6. The molecule has 3 aromatic carbocycles. The van der Waals surface area contributed by atoms with Crippen molar-refractivity contribution in [3.8, 4) is 11.5 Å². The van der Waals surface area contributed by atoms with Crippen LogP contribution in [0, 0.1) is 0 Å². The minimum absolute atomic E-state index is 0.153. The molecule has 2 unspecified atom stereocenters. The highest BCUT2D eigenvalue weighted by molar-refractivity contribution is 7.47. The summed E-state index contributed by atoms with van der Waals surface area (Å²) in [5.74, 6) is 0.312. The maximum atomic E-state index is 13.7. The number of phosphoric acid groups is 1. The minimum atomic E-state index is -5.02. The van der Waals surface area contributed by atoms with Gasteiger partial charge in [0.1, 0.15) is 47.9 Å². The number of hydrogen-bond acceptors (Lipinski definition) is 14. The number of urea groups is 1. The second-order valence-electron chi connectivity index (χ2n) is 14.7. The Labute approximate surface area is 342 Å². The molecule has 4 aromatic rings. The van der Waals surface area contributed by atoms with E-state index in [-0.39, 0.29) is 19.4 Å². The summed E-state index contributed by atoms with van der Waals surface area (Å²) in [6, 6.07) is 24.2. The molecule has 0 bridgehead atoms. The van der Waals surface area contributed by atoms with Gasteiger partial charge in [-0.15, -0.1) is 0 Å². The number of H-pyrrole nitrogens is 1. The summed E-state index contributed by atoms with van der Waals surface area (Å²) < 4.78 is 55.8. The molecule has 3 amide bonds. The van der Waals surface area contributed by atoms with E-state index in [2.05, 4.69) is 4.98 Å². The Balaban J connectivity index is 1.15. The lowest BCUT2D eigenvalue weighted by molar-refractivity contribution is -0.147. The number of amides is 3. The summed E-state index contributed by atoms with van der Waals surface area (Å²) in [6.45, 7) is -0.157. The second-order valence-corrected chi connectivity index (χ2v) is 16.1. The molecule has 3 aliphatic heterocycles. The van der Waals surface area contributed by atoms with E-state index < -0.39 is 92.2 Å². The minimum Gasteiger partial charge on any atom is -0.497 e. The number of methoxy groups -OCH3 is 2. The summed E-state index contributed by atoms with van der Waals surface area (Å²) >= 11 is 0. The number of hydrogen-bond donors (Lipinski definition) is 5. The molecule has 20 heteroatoms. The highest BCUT2D eigenvalue weighted by Crippen LogP contribution is 2.50. The number of phosphoric ester groups is 1. The van der Waals surface area contributed by atoms with Gasteiger partial charge in [-0.05, 0) is 47.9 Å². The lowest BCUT2D eigenvalue weighted by atomic mass is 9.80. The van der Waals surface area contributed by atoms with Crippen LogP contribution in [0.1, 0.15) is 42.7 Å². The molecule has 5 N–H and O–H groups in total. The third-order valence-electron chi connectivity index (χ3n) is 10.7. The number of imide groups is 1. The maximum Gasteiger partial charge on any atom is 0.472 e. The predicted molar refractivity (Wildman–Crippen MR) is 209 cm³/mol. The van der Waals surface area contributed by atoms with Crippen LogP contribution in [-0.2, 0) is 38.2 Å². The van der Waals surface area contributed by atoms with Crippen LogP contribution in [0.5, 0.6) is 11.5 Å². The summed E-state index contributed by atoms with van der Waals surface area (Å²) in [5, 5.41) is 23.2. The number of carbonyl (C=O) groups excluding carboxylic acids is 2. The van der Waals surface area contributed by atoms with E-state index >= 15 is 0 Å². The van der Waals surface area contributed by atoms with E-state index in [0.29, 0.717) is 28.2 Å². The van der Waals surface area contributed by atoms with Gasteiger partial charge in [0.2, 0.25) is 0 Å². The molecule has 60 heavy (non-hydrogen) atoms. The number of aromatic amines is 1. The molecule has 3 fully saturated rings. The summed E-state index contributed by atoms with van der Waals surface area (Å²) in [5.41, 5.74) is -2.60. The molecule has 3 saturated heterocycles. The van der Waals surface area contributed by atoms with E-state index in [4.69, 9.17) is 32.7 Å². The molecule has 0 radical (unpaired) electrons. The van der Waals surface area contributed by atoms with Crippen molar-refractivity contribution in [3.05, 3.63) is 129 Å². The van der Waals surface area contributed by atoms with Gasteiger partial charge in [0, 0.05) is 25.1 Å². The van der Waals surface area contributed by atoms with Gasteiger partial charge in [0.15, 0.2) is 5.60 Å². The monoisotopic (exact) mass is 852 g/mol. The van der Waals surface area contributed by atoms with Gasteiger partial charge in [-0.2, -0.15) is 0 Å². The van der Waals surface area contributed by atoms with Crippen LogP contribution in [0.15, 0.2) is 101 Å². The molecular weight excluding hydrogens is 807 g/mol. The smallest absolute Gasteiger partial charge is 0.472 e. The van der Waals surface area contributed by atoms with Gasteiger partial charge in [0.25, 0.3) is 11.5 Å². The van der Waals surface area contributed by atoms with Gasteiger partial charge in [-0.1, -0.05) is 54.6 Å². The first kappa shape index (κ1) is 42.9. The van der Waals surface area contributed by atoms with Crippen LogP contribution < -0.4 is 26.0 Å². The summed E-state index contributed by atoms with van der Waals surface area (Å²) in [6.07, 6.45) is -6.19. The molecule has 3 aliphatic rings. The Bertz CT molecular complexity index is 2270. The molecular formula is C40H45N4O15P. The average Bonchev–Trinajstić information content (AvgIpc) is 3.81. The van der Waals surface area contributed by atoms with Gasteiger partial charge >= 0.3 is 19.5 Å². The Hall–Kier alpha value is -5.21. The number of nitrogens with zero attached hydrogens (tertiary/aromatic N) is 2. The van der Waals surface area contributed by atoms with Gasteiger partial charge in [0.05, 0.1) is 40.1 Å². The molecule has 8 atom stereocenters. The SMILES string of the molecule is COc1ccc(C(OC[C@H]2O[C@@H](n3ccc(=O)[nH]c3=O)C[C@@H]2OP(=O)(O)OC[C@H]2O[C@@H](N3CC(C)(O)C(=O)NC3=O)C[C@@H]2O)(c2ccccc2)c2ccc(OC)cc2)cc1. The number of aliphatic hydroxyl groups excluding tert-OH is 1. The Morgan fingerprint density at radius 1 is 0.833 bits per heavy atom. The molecule has 7 rings (SSSR count). The van der Waals surface area contributed by atoms with E-state index in [9.17, 15) is 38.8 Å². The lowest BCUT2D eigenvalue weighted by Crippen LogP contribution is -2.65. The third-order valence-corrected chi connectivity index (χ3v) is 11.7. The lowest BCUT2D eigenvalue weighted by Gasteiger charge is -2.38. The molecule has 1 aromatic heterocycles. The molecule has 320 valence electrons. The zero-order valence-corrected chi connectivity index (χ0v) is 33.6. The van der Waals surface area contributed by atoms with Crippen molar-refractivity contribution >= 4 is 19.8 Å². The van der Waals surface area contributed by atoms with Crippen LogP contribution in [0.4, 0.5) is 4.79 Å². The van der Waals surface area contributed by atoms with Crippen LogP contribution in [0.25, 0.3) is 0 Å². The topological polar surface area (TPSA) is 247 Å². The Kier molecular flexibility index (Phi) is 12.4. The molecule has 0 spiro atoms. The zero-order chi connectivity index (χ0) is 42.8. The molecule has 0 saturated carbocycles. The number of aliphatic hydroxyl groups is 2. The summed E-state index contributed by atoms with van der Waals surface area (Å²) in [7, 11) is -1.92.